The molecule has 0 fully saturated rings. The number of rotatable bonds is 7. The summed E-state index contributed by atoms with van der Waals surface area (Å²) in [4.78, 5) is 11.5. The van der Waals surface area contributed by atoms with Crippen LogP contribution in [0.25, 0.3) is 17.3 Å². The van der Waals surface area contributed by atoms with E-state index >= 15 is 0 Å². The van der Waals surface area contributed by atoms with Gasteiger partial charge in [-0.3, -0.25) is 4.99 Å². The molecule has 2 heterocycles. The van der Waals surface area contributed by atoms with E-state index in [1.165, 1.54) is 12.1 Å². The summed E-state index contributed by atoms with van der Waals surface area (Å²) >= 11 is 0. The molecule has 2 aromatic heterocycles. The highest BCUT2D eigenvalue weighted by atomic mass is 19.1. The summed E-state index contributed by atoms with van der Waals surface area (Å²) in [6.45, 7) is 2.76. The molecular weight excluding hydrogens is 413 g/mol. The largest absolute Gasteiger partial charge is 0.363 e. The van der Waals surface area contributed by atoms with Gasteiger partial charge < -0.3 is 4.90 Å². The van der Waals surface area contributed by atoms with Gasteiger partial charge in [0.2, 0.25) is 0 Å². The maximum Gasteiger partial charge on any atom is 0.127 e. The van der Waals surface area contributed by atoms with E-state index in [1.807, 2.05) is 42.1 Å². The standard InChI is InChI=1S/C27H30FN5/c1-4-8-25(29-17-20-11-16-27(30-18-20)32(2)3)23-9-6-5-7-10-26-24(23)19-31-33(26)22-14-12-21(28)13-15-22/h7,9-16,18-19H,4-6,8,17H2,1-3H3/b10-7?,23-9+,29-25?. The van der Waals surface area contributed by atoms with Gasteiger partial charge >= 0.3 is 0 Å². The summed E-state index contributed by atoms with van der Waals surface area (Å²) in [5.41, 5.74) is 6.20. The molecule has 1 aliphatic carbocycles. The molecule has 6 heteroatoms. The quantitative estimate of drug-likeness (QED) is 0.414. The molecule has 0 radical (unpaired) electrons. The summed E-state index contributed by atoms with van der Waals surface area (Å²) in [6, 6.07) is 10.5. The fourth-order valence-corrected chi connectivity index (χ4v) is 3.91. The number of aliphatic imine (C=N–C) groups is 1. The van der Waals surface area contributed by atoms with Crippen molar-refractivity contribution in [2.24, 2.45) is 4.99 Å². The molecule has 0 saturated carbocycles. The van der Waals surface area contributed by atoms with Crippen molar-refractivity contribution in [2.45, 2.75) is 39.2 Å². The van der Waals surface area contributed by atoms with Crippen LogP contribution in [0.15, 0.2) is 65.9 Å². The van der Waals surface area contributed by atoms with Gasteiger partial charge in [-0.25, -0.2) is 14.1 Å². The lowest BCUT2D eigenvalue weighted by Crippen LogP contribution is -2.10. The van der Waals surface area contributed by atoms with Gasteiger partial charge in [-0.05, 0) is 61.2 Å². The molecule has 4 rings (SSSR count). The smallest absolute Gasteiger partial charge is 0.127 e. The summed E-state index contributed by atoms with van der Waals surface area (Å²) in [7, 11) is 3.97. The molecule has 1 aromatic carbocycles. The third kappa shape index (κ3) is 5.28. The number of aromatic nitrogens is 3. The van der Waals surface area contributed by atoms with Crippen molar-refractivity contribution in [2.75, 3.05) is 19.0 Å². The molecule has 33 heavy (non-hydrogen) atoms. The molecule has 1 aliphatic rings. The minimum absolute atomic E-state index is 0.254. The van der Waals surface area contributed by atoms with E-state index in [0.29, 0.717) is 6.54 Å². The highest BCUT2D eigenvalue weighted by molar-refractivity contribution is 6.24. The van der Waals surface area contributed by atoms with Crippen molar-refractivity contribution in [3.05, 3.63) is 83.6 Å². The number of hydrogen-bond acceptors (Lipinski definition) is 4. The maximum absolute atomic E-state index is 13.4. The summed E-state index contributed by atoms with van der Waals surface area (Å²) < 4.78 is 15.3. The average Bonchev–Trinajstić information content (AvgIpc) is 3.20. The first-order chi connectivity index (χ1) is 16.1. The van der Waals surface area contributed by atoms with Crippen LogP contribution in [0.3, 0.4) is 0 Å². The second-order valence-electron chi connectivity index (χ2n) is 8.36. The normalized spacial score (nSPS) is 15.4. The van der Waals surface area contributed by atoms with E-state index in [-0.39, 0.29) is 5.82 Å². The summed E-state index contributed by atoms with van der Waals surface area (Å²) in [5, 5.41) is 4.65. The monoisotopic (exact) mass is 443 g/mol. The Hall–Kier alpha value is -3.54. The fourth-order valence-electron chi connectivity index (χ4n) is 3.91. The van der Waals surface area contributed by atoms with Crippen LogP contribution in [-0.2, 0) is 6.54 Å². The highest BCUT2D eigenvalue weighted by Crippen LogP contribution is 2.29. The van der Waals surface area contributed by atoms with Crippen molar-refractivity contribution in [3.63, 3.8) is 0 Å². The average molecular weight is 444 g/mol. The van der Waals surface area contributed by atoms with Crippen LogP contribution in [0, 0.1) is 5.82 Å². The van der Waals surface area contributed by atoms with E-state index in [0.717, 1.165) is 65.3 Å². The Bertz CT molecular complexity index is 1170. The first kappa shape index (κ1) is 22.6. The molecule has 3 aromatic rings. The Morgan fingerprint density at radius 3 is 2.61 bits per heavy atom. The molecule has 5 nitrogen and oxygen atoms in total. The Morgan fingerprint density at radius 1 is 1.09 bits per heavy atom. The van der Waals surface area contributed by atoms with Gasteiger partial charge in [-0.2, -0.15) is 5.10 Å². The van der Waals surface area contributed by atoms with Gasteiger partial charge in [0.15, 0.2) is 0 Å². The third-order valence-corrected chi connectivity index (χ3v) is 5.64. The van der Waals surface area contributed by atoms with Crippen LogP contribution in [0.4, 0.5) is 10.2 Å². The topological polar surface area (TPSA) is 46.3 Å². The number of fused-ring (bicyclic) bond motifs is 1. The van der Waals surface area contributed by atoms with Gasteiger partial charge in [0.1, 0.15) is 11.6 Å². The Balaban J connectivity index is 1.69. The number of benzene rings is 1. The number of pyridine rings is 1. The zero-order valence-electron chi connectivity index (χ0n) is 19.5. The number of allylic oxidation sites excluding steroid dienone is 3. The Morgan fingerprint density at radius 2 is 1.91 bits per heavy atom. The molecule has 0 N–H and O–H groups in total. The van der Waals surface area contributed by atoms with Gasteiger partial charge in [-0.15, -0.1) is 0 Å². The lowest BCUT2D eigenvalue weighted by molar-refractivity contribution is 0.627. The molecule has 0 bridgehead atoms. The van der Waals surface area contributed by atoms with Gasteiger partial charge in [0, 0.05) is 37.1 Å². The van der Waals surface area contributed by atoms with Crippen LogP contribution in [0.2, 0.25) is 0 Å². The second-order valence-corrected chi connectivity index (χ2v) is 8.36. The summed E-state index contributed by atoms with van der Waals surface area (Å²) in [6.07, 6.45) is 14.2. The van der Waals surface area contributed by atoms with Crippen LogP contribution < -0.4 is 4.90 Å². The number of nitrogens with zero attached hydrogens (tertiary/aromatic N) is 5. The summed E-state index contributed by atoms with van der Waals surface area (Å²) in [5.74, 6) is 0.680. The van der Waals surface area contributed by atoms with E-state index in [9.17, 15) is 4.39 Å². The molecule has 0 aliphatic heterocycles. The Kier molecular flexibility index (Phi) is 7.13. The van der Waals surface area contributed by atoms with E-state index in [1.54, 1.807) is 12.1 Å². The number of hydrogen-bond donors (Lipinski definition) is 0. The van der Waals surface area contributed by atoms with Crippen LogP contribution >= 0.6 is 0 Å². The molecule has 0 saturated heterocycles. The Labute approximate surface area is 195 Å². The molecule has 0 atom stereocenters. The van der Waals surface area contributed by atoms with Crippen molar-refractivity contribution < 1.29 is 4.39 Å². The molecule has 0 amide bonds. The zero-order valence-corrected chi connectivity index (χ0v) is 19.5. The molecular formula is C27H30FN5. The van der Waals surface area contributed by atoms with E-state index < -0.39 is 0 Å². The molecule has 0 spiro atoms. The maximum atomic E-state index is 13.4. The van der Waals surface area contributed by atoms with Gasteiger partial charge in [0.25, 0.3) is 0 Å². The van der Waals surface area contributed by atoms with E-state index in [2.05, 4.69) is 41.3 Å². The molecule has 0 unspecified atom stereocenters. The lowest BCUT2D eigenvalue weighted by atomic mass is 9.95. The van der Waals surface area contributed by atoms with Crippen molar-refractivity contribution in [1.82, 2.24) is 14.8 Å². The van der Waals surface area contributed by atoms with Crippen LogP contribution in [-0.4, -0.2) is 34.6 Å². The minimum atomic E-state index is -0.254. The second kappa shape index (κ2) is 10.4. The van der Waals surface area contributed by atoms with Crippen LogP contribution in [0.5, 0.6) is 0 Å². The van der Waals surface area contributed by atoms with Crippen molar-refractivity contribution in [1.29, 1.82) is 0 Å². The number of halogens is 1. The number of anilines is 1. The zero-order chi connectivity index (χ0) is 23.2. The molecule has 170 valence electrons. The predicted octanol–water partition coefficient (Wildman–Crippen LogP) is 6.10. The minimum Gasteiger partial charge on any atom is -0.363 e. The van der Waals surface area contributed by atoms with E-state index in [4.69, 9.17) is 4.99 Å². The lowest BCUT2D eigenvalue weighted by Gasteiger charge is -2.14. The first-order valence-electron chi connectivity index (χ1n) is 11.4. The van der Waals surface area contributed by atoms with Crippen LogP contribution in [0.1, 0.15) is 49.4 Å². The third-order valence-electron chi connectivity index (χ3n) is 5.64. The van der Waals surface area contributed by atoms with Gasteiger partial charge in [-0.1, -0.05) is 31.6 Å². The fraction of sp³-hybridized carbons (Fsp3) is 0.296. The van der Waals surface area contributed by atoms with Gasteiger partial charge in [0.05, 0.1) is 24.1 Å². The van der Waals surface area contributed by atoms with Crippen molar-refractivity contribution in [3.8, 4) is 5.69 Å². The first-order valence-corrected chi connectivity index (χ1v) is 11.4. The predicted molar refractivity (Wildman–Crippen MR) is 134 cm³/mol. The highest BCUT2D eigenvalue weighted by Gasteiger charge is 2.18. The SMILES string of the molecule is CCCC(=NCc1ccc(N(C)C)nc1)/C1=C/CCC=Cc2c1cnn2-c1ccc(F)cc1. The van der Waals surface area contributed by atoms with Crippen molar-refractivity contribution >= 4 is 23.2 Å².